The minimum absolute atomic E-state index is 0.192. The molecule has 4 aromatic rings. The van der Waals surface area contributed by atoms with Gasteiger partial charge in [0.2, 0.25) is 0 Å². The summed E-state index contributed by atoms with van der Waals surface area (Å²) in [7, 11) is 1.34. The van der Waals surface area contributed by atoms with Gasteiger partial charge in [-0.25, -0.2) is 4.79 Å². The predicted octanol–water partition coefficient (Wildman–Crippen LogP) is 4.45. The van der Waals surface area contributed by atoms with Crippen LogP contribution in [0.4, 0.5) is 0 Å². The summed E-state index contributed by atoms with van der Waals surface area (Å²) in [6.45, 7) is 0.780. The highest BCUT2D eigenvalue weighted by Crippen LogP contribution is 2.21. The van der Waals surface area contributed by atoms with E-state index in [0.717, 1.165) is 22.2 Å². The van der Waals surface area contributed by atoms with E-state index in [1.165, 1.54) is 7.11 Å². The molecule has 0 atom stereocenters. The van der Waals surface area contributed by atoms with Gasteiger partial charge in [-0.15, -0.1) is 0 Å². The zero-order chi connectivity index (χ0) is 21.8. The fourth-order valence-corrected chi connectivity index (χ4v) is 3.49. The quantitative estimate of drug-likeness (QED) is 0.456. The van der Waals surface area contributed by atoms with Crippen LogP contribution < -0.4 is 5.32 Å². The Morgan fingerprint density at radius 3 is 2.55 bits per heavy atom. The van der Waals surface area contributed by atoms with Gasteiger partial charge in [0.1, 0.15) is 5.69 Å². The molecule has 0 saturated heterocycles. The molecular weight excluding hydrogens is 414 g/mol. The van der Waals surface area contributed by atoms with Crippen molar-refractivity contribution < 1.29 is 14.3 Å². The second kappa shape index (κ2) is 9.02. The number of ether oxygens (including phenoxy) is 1. The predicted molar refractivity (Wildman–Crippen MR) is 119 cm³/mol. The zero-order valence-electron chi connectivity index (χ0n) is 16.8. The molecule has 1 amide bonds. The fraction of sp³-hybridized carbons (Fsp3) is 0.125. The average Bonchev–Trinajstić information content (AvgIpc) is 3.17. The molecule has 0 bridgehead atoms. The molecule has 4 rings (SSSR count). The third kappa shape index (κ3) is 4.59. The first-order valence-electron chi connectivity index (χ1n) is 9.69. The molecule has 0 aliphatic carbocycles. The molecule has 6 nitrogen and oxygen atoms in total. The number of rotatable bonds is 6. The van der Waals surface area contributed by atoms with Gasteiger partial charge in [-0.1, -0.05) is 41.9 Å². The maximum Gasteiger partial charge on any atom is 0.337 e. The van der Waals surface area contributed by atoms with Crippen LogP contribution in [-0.4, -0.2) is 28.5 Å². The number of amides is 1. The van der Waals surface area contributed by atoms with Crippen LogP contribution in [0.2, 0.25) is 5.02 Å². The van der Waals surface area contributed by atoms with Crippen molar-refractivity contribution in [2.45, 2.75) is 13.1 Å². The van der Waals surface area contributed by atoms with Crippen LogP contribution in [0.1, 0.15) is 32.1 Å². The second-order valence-corrected chi connectivity index (χ2v) is 7.45. The van der Waals surface area contributed by atoms with Crippen LogP contribution in [0.5, 0.6) is 0 Å². The van der Waals surface area contributed by atoms with Gasteiger partial charge in [0, 0.05) is 23.6 Å². The fourth-order valence-electron chi connectivity index (χ4n) is 3.38. The van der Waals surface area contributed by atoms with Gasteiger partial charge in [0.15, 0.2) is 0 Å². The highest BCUT2D eigenvalue weighted by molar-refractivity contribution is 6.30. The number of fused-ring (bicyclic) bond motifs is 1. The van der Waals surface area contributed by atoms with E-state index >= 15 is 0 Å². The Balaban J connectivity index is 1.56. The molecule has 0 aliphatic heterocycles. The smallest absolute Gasteiger partial charge is 0.337 e. The molecule has 2 heterocycles. The van der Waals surface area contributed by atoms with Gasteiger partial charge in [-0.3, -0.25) is 9.78 Å². The van der Waals surface area contributed by atoms with Crippen molar-refractivity contribution in [2.24, 2.45) is 0 Å². The number of nitrogens with one attached hydrogen (secondary N) is 1. The summed E-state index contributed by atoms with van der Waals surface area (Å²) in [6, 6.07) is 20.3. The van der Waals surface area contributed by atoms with E-state index in [0.29, 0.717) is 29.4 Å². The van der Waals surface area contributed by atoms with E-state index in [1.54, 1.807) is 36.5 Å². The van der Waals surface area contributed by atoms with Gasteiger partial charge < -0.3 is 14.6 Å². The number of para-hydroxylation sites is 1. The van der Waals surface area contributed by atoms with E-state index in [-0.39, 0.29) is 5.91 Å². The number of carbonyl (C=O) groups is 2. The van der Waals surface area contributed by atoms with Crippen LogP contribution >= 0.6 is 11.6 Å². The molecule has 0 aliphatic rings. The molecule has 156 valence electrons. The minimum Gasteiger partial charge on any atom is -0.465 e. The molecule has 0 unspecified atom stereocenters. The Morgan fingerprint density at radius 2 is 1.84 bits per heavy atom. The molecule has 1 N–H and O–H groups in total. The summed E-state index contributed by atoms with van der Waals surface area (Å²) in [5.74, 6) is -0.585. The second-order valence-electron chi connectivity index (χ2n) is 7.01. The van der Waals surface area contributed by atoms with Crippen molar-refractivity contribution in [1.29, 1.82) is 0 Å². The average molecular weight is 434 g/mol. The summed E-state index contributed by atoms with van der Waals surface area (Å²) in [6.07, 6.45) is 1.60. The maximum atomic E-state index is 13.0. The first-order chi connectivity index (χ1) is 15.0. The van der Waals surface area contributed by atoms with Crippen molar-refractivity contribution in [2.75, 3.05) is 7.11 Å². The first-order valence-corrected chi connectivity index (χ1v) is 10.1. The molecule has 0 spiro atoms. The summed E-state index contributed by atoms with van der Waals surface area (Å²) >= 11 is 5.95. The summed E-state index contributed by atoms with van der Waals surface area (Å²) < 4.78 is 6.65. The number of esters is 1. The molecular formula is C24H20ClN3O3. The number of aromatic nitrogens is 2. The molecule has 2 aromatic carbocycles. The normalized spacial score (nSPS) is 10.8. The largest absolute Gasteiger partial charge is 0.465 e. The number of benzene rings is 2. The highest BCUT2D eigenvalue weighted by atomic mass is 35.5. The lowest BCUT2D eigenvalue weighted by Gasteiger charge is -2.11. The number of carbonyl (C=O) groups excluding carboxylic acids is 2. The van der Waals surface area contributed by atoms with Crippen LogP contribution in [0.3, 0.4) is 0 Å². The molecule has 0 fully saturated rings. The van der Waals surface area contributed by atoms with E-state index < -0.39 is 5.97 Å². The molecule has 31 heavy (non-hydrogen) atoms. The van der Waals surface area contributed by atoms with Gasteiger partial charge in [-0.05, 0) is 42.0 Å². The SMILES string of the molecule is COC(=O)c1ccc(CNC(=O)c2cc3ccccc3n2Cc2ccc(Cl)cn2)cc1. The van der Waals surface area contributed by atoms with Crippen LogP contribution in [-0.2, 0) is 17.8 Å². The Hall–Kier alpha value is -3.64. The number of hydrogen-bond donors (Lipinski definition) is 1. The number of hydrogen-bond acceptors (Lipinski definition) is 4. The lowest BCUT2D eigenvalue weighted by Crippen LogP contribution is -2.25. The van der Waals surface area contributed by atoms with Gasteiger partial charge >= 0.3 is 5.97 Å². The molecule has 0 radical (unpaired) electrons. The van der Waals surface area contributed by atoms with Crippen LogP contribution in [0.15, 0.2) is 72.9 Å². The third-order valence-corrected chi connectivity index (χ3v) is 5.20. The Labute approximate surface area is 184 Å². The van der Waals surface area contributed by atoms with Gasteiger partial charge in [0.05, 0.1) is 29.9 Å². The van der Waals surface area contributed by atoms with Crippen molar-refractivity contribution in [3.05, 3.63) is 100 Å². The van der Waals surface area contributed by atoms with E-state index in [2.05, 4.69) is 10.3 Å². The van der Waals surface area contributed by atoms with E-state index in [4.69, 9.17) is 16.3 Å². The summed E-state index contributed by atoms with van der Waals surface area (Å²) in [5.41, 5.74) is 3.64. The summed E-state index contributed by atoms with van der Waals surface area (Å²) in [4.78, 5) is 28.9. The Kier molecular flexibility index (Phi) is 6.00. The molecule has 7 heteroatoms. The minimum atomic E-state index is -0.393. The first kappa shape index (κ1) is 20.6. The Morgan fingerprint density at radius 1 is 1.06 bits per heavy atom. The Bertz CT molecular complexity index is 1230. The van der Waals surface area contributed by atoms with Gasteiger partial charge in [-0.2, -0.15) is 0 Å². The van der Waals surface area contributed by atoms with Crippen LogP contribution in [0, 0.1) is 0 Å². The molecule has 0 saturated carbocycles. The summed E-state index contributed by atoms with van der Waals surface area (Å²) in [5, 5.41) is 4.50. The number of methoxy groups -OCH3 is 1. The van der Waals surface area contributed by atoms with E-state index in [1.807, 2.05) is 41.0 Å². The maximum absolute atomic E-state index is 13.0. The monoisotopic (exact) mass is 433 g/mol. The van der Waals surface area contributed by atoms with E-state index in [9.17, 15) is 9.59 Å². The lowest BCUT2D eigenvalue weighted by molar-refractivity contribution is 0.0600. The topological polar surface area (TPSA) is 73.2 Å². The van der Waals surface area contributed by atoms with Crippen molar-refractivity contribution in [3.63, 3.8) is 0 Å². The van der Waals surface area contributed by atoms with Crippen LogP contribution in [0.25, 0.3) is 10.9 Å². The number of pyridine rings is 1. The van der Waals surface area contributed by atoms with Gasteiger partial charge in [0.25, 0.3) is 5.91 Å². The lowest BCUT2D eigenvalue weighted by atomic mass is 10.1. The third-order valence-electron chi connectivity index (χ3n) is 4.98. The number of halogens is 1. The molecule has 2 aromatic heterocycles. The number of nitrogens with zero attached hydrogens (tertiary/aromatic N) is 2. The van der Waals surface area contributed by atoms with Crippen molar-refractivity contribution in [3.8, 4) is 0 Å². The van der Waals surface area contributed by atoms with Crippen molar-refractivity contribution >= 4 is 34.4 Å². The highest BCUT2D eigenvalue weighted by Gasteiger charge is 2.16. The van der Waals surface area contributed by atoms with Crippen molar-refractivity contribution in [1.82, 2.24) is 14.9 Å². The zero-order valence-corrected chi connectivity index (χ0v) is 17.6. The standard InChI is InChI=1S/C24H20ClN3O3/c1-31-24(30)17-8-6-16(7-9-17)13-27-23(29)22-12-18-4-2-3-5-21(18)28(22)15-20-11-10-19(25)14-26-20/h2-12,14H,13,15H2,1H3,(H,27,29).